The van der Waals surface area contributed by atoms with Gasteiger partial charge in [0.25, 0.3) is 0 Å². The Morgan fingerprint density at radius 3 is 3.13 bits per heavy atom. The van der Waals surface area contributed by atoms with Gasteiger partial charge in [0, 0.05) is 13.1 Å². The molecule has 6 nitrogen and oxygen atoms in total. The van der Waals surface area contributed by atoms with Crippen molar-refractivity contribution in [2.45, 2.75) is 26.5 Å². The van der Waals surface area contributed by atoms with Crippen molar-refractivity contribution in [1.82, 2.24) is 25.5 Å². The van der Waals surface area contributed by atoms with Crippen LogP contribution in [0.5, 0.6) is 0 Å². The molecule has 0 spiro atoms. The van der Waals surface area contributed by atoms with Crippen LogP contribution in [0, 0.1) is 5.92 Å². The van der Waals surface area contributed by atoms with E-state index in [4.69, 9.17) is 4.74 Å². The average Bonchev–Trinajstić information content (AvgIpc) is 2.67. The summed E-state index contributed by atoms with van der Waals surface area (Å²) in [6, 6.07) is 0. The molecule has 2 rings (SSSR count). The van der Waals surface area contributed by atoms with Crippen LogP contribution in [0.25, 0.3) is 0 Å². The molecular weight excluding hydrogens is 194 g/mol. The third-order valence-corrected chi connectivity index (χ3v) is 2.21. The highest BCUT2D eigenvalue weighted by atomic mass is 16.5. The van der Waals surface area contributed by atoms with Crippen LogP contribution in [0.3, 0.4) is 0 Å². The lowest BCUT2D eigenvalue weighted by Gasteiger charge is -2.20. The van der Waals surface area contributed by atoms with Crippen LogP contribution < -0.4 is 5.32 Å². The van der Waals surface area contributed by atoms with E-state index in [2.05, 4.69) is 34.6 Å². The summed E-state index contributed by atoms with van der Waals surface area (Å²) in [5.41, 5.74) is 0. The van der Waals surface area contributed by atoms with Crippen LogP contribution in [-0.2, 0) is 11.3 Å². The van der Waals surface area contributed by atoms with Gasteiger partial charge in [-0.25, -0.2) is 0 Å². The molecule has 0 bridgehead atoms. The second-order valence-electron chi connectivity index (χ2n) is 4.16. The predicted molar refractivity (Wildman–Crippen MR) is 54.2 cm³/mol. The zero-order valence-electron chi connectivity index (χ0n) is 9.18. The lowest BCUT2D eigenvalue weighted by atomic mass is 10.2. The van der Waals surface area contributed by atoms with Crippen molar-refractivity contribution >= 4 is 0 Å². The maximum atomic E-state index is 5.54. The molecule has 2 heterocycles. The monoisotopic (exact) mass is 211 g/mol. The van der Waals surface area contributed by atoms with E-state index in [1.807, 2.05) is 0 Å². The first-order valence-corrected chi connectivity index (χ1v) is 5.35. The van der Waals surface area contributed by atoms with E-state index in [1.54, 1.807) is 4.80 Å². The third kappa shape index (κ3) is 2.73. The molecule has 1 aliphatic heterocycles. The Morgan fingerprint density at radius 2 is 2.47 bits per heavy atom. The summed E-state index contributed by atoms with van der Waals surface area (Å²) in [6.07, 6.45) is -0.0420. The Hall–Kier alpha value is -1.01. The van der Waals surface area contributed by atoms with Crippen LogP contribution in [0.4, 0.5) is 0 Å². The maximum absolute atomic E-state index is 5.54. The third-order valence-electron chi connectivity index (χ3n) is 2.21. The van der Waals surface area contributed by atoms with Crippen LogP contribution in [0.1, 0.15) is 25.8 Å². The Labute approximate surface area is 89.0 Å². The van der Waals surface area contributed by atoms with Crippen molar-refractivity contribution in [3.05, 3.63) is 5.82 Å². The number of morpholine rings is 1. The van der Waals surface area contributed by atoms with Crippen LogP contribution >= 0.6 is 0 Å². The van der Waals surface area contributed by atoms with Gasteiger partial charge in [0.1, 0.15) is 6.10 Å². The minimum atomic E-state index is -0.0420. The van der Waals surface area contributed by atoms with Crippen molar-refractivity contribution in [2.24, 2.45) is 5.92 Å². The second kappa shape index (κ2) is 4.67. The number of nitrogens with zero attached hydrogens (tertiary/aromatic N) is 4. The zero-order chi connectivity index (χ0) is 10.7. The molecular formula is C9H17N5O. The van der Waals surface area contributed by atoms with Crippen molar-refractivity contribution < 1.29 is 4.74 Å². The Kier molecular flexibility index (Phi) is 3.27. The average molecular weight is 211 g/mol. The van der Waals surface area contributed by atoms with E-state index in [0.29, 0.717) is 18.3 Å². The number of hydrogen-bond donors (Lipinski definition) is 1. The molecule has 0 amide bonds. The molecule has 1 N–H and O–H groups in total. The molecule has 0 aromatic carbocycles. The molecule has 0 radical (unpaired) electrons. The number of ether oxygens (including phenoxy) is 1. The van der Waals surface area contributed by atoms with Gasteiger partial charge in [0.15, 0.2) is 0 Å². The number of aromatic nitrogens is 4. The van der Waals surface area contributed by atoms with Crippen molar-refractivity contribution in [3.63, 3.8) is 0 Å². The van der Waals surface area contributed by atoms with Crippen molar-refractivity contribution in [1.29, 1.82) is 0 Å². The Bertz CT molecular complexity index is 305. The lowest BCUT2D eigenvalue weighted by molar-refractivity contribution is 0.0219. The van der Waals surface area contributed by atoms with Crippen molar-refractivity contribution in [3.8, 4) is 0 Å². The highest BCUT2D eigenvalue weighted by molar-refractivity contribution is 4.88. The fraction of sp³-hybridized carbons (Fsp3) is 0.889. The first kappa shape index (κ1) is 10.5. The summed E-state index contributed by atoms with van der Waals surface area (Å²) in [7, 11) is 0. The van der Waals surface area contributed by atoms with E-state index in [0.717, 1.165) is 19.6 Å². The van der Waals surface area contributed by atoms with Gasteiger partial charge in [-0.2, -0.15) is 4.80 Å². The van der Waals surface area contributed by atoms with Gasteiger partial charge in [-0.15, -0.1) is 10.2 Å². The minimum Gasteiger partial charge on any atom is -0.367 e. The number of rotatable bonds is 3. The van der Waals surface area contributed by atoms with E-state index < -0.39 is 0 Å². The van der Waals surface area contributed by atoms with Crippen LogP contribution in [0.15, 0.2) is 0 Å². The smallest absolute Gasteiger partial charge is 0.204 e. The molecule has 1 fully saturated rings. The predicted octanol–water partition coefficient (Wildman–Crippen LogP) is -0.0100. The second-order valence-corrected chi connectivity index (χ2v) is 4.16. The highest BCUT2D eigenvalue weighted by Gasteiger charge is 2.20. The van der Waals surface area contributed by atoms with Gasteiger partial charge >= 0.3 is 0 Å². The van der Waals surface area contributed by atoms with Crippen molar-refractivity contribution in [2.75, 3.05) is 19.7 Å². The van der Waals surface area contributed by atoms with Gasteiger partial charge in [0.05, 0.1) is 13.2 Å². The molecule has 1 saturated heterocycles. The molecule has 1 unspecified atom stereocenters. The largest absolute Gasteiger partial charge is 0.367 e. The van der Waals surface area contributed by atoms with E-state index in [9.17, 15) is 0 Å². The van der Waals surface area contributed by atoms with Gasteiger partial charge in [0.2, 0.25) is 5.82 Å². The van der Waals surface area contributed by atoms with E-state index in [-0.39, 0.29) is 6.10 Å². The summed E-state index contributed by atoms with van der Waals surface area (Å²) in [5.74, 6) is 1.21. The quantitative estimate of drug-likeness (QED) is 0.761. The first-order valence-electron chi connectivity index (χ1n) is 5.35. The summed E-state index contributed by atoms with van der Waals surface area (Å²) >= 11 is 0. The normalized spacial score (nSPS) is 22.2. The van der Waals surface area contributed by atoms with Crippen LogP contribution in [0.2, 0.25) is 0 Å². The fourth-order valence-electron chi connectivity index (χ4n) is 1.52. The molecule has 15 heavy (non-hydrogen) atoms. The lowest BCUT2D eigenvalue weighted by Crippen LogP contribution is -2.34. The van der Waals surface area contributed by atoms with Gasteiger partial charge in [-0.3, -0.25) is 0 Å². The Morgan fingerprint density at radius 1 is 1.60 bits per heavy atom. The van der Waals surface area contributed by atoms with Gasteiger partial charge < -0.3 is 10.1 Å². The van der Waals surface area contributed by atoms with Crippen LogP contribution in [-0.4, -0.2) is 39.9 Å². The van der Waals surface area contributed by atoms with E-state index >= 15 is 0 Å². The molecule has 1 atom stereocenters. The summed E-state index contributed by atoms with van der Waals surface area (Å²) < 4.78 is 5.54. The van der Waals surface area contributed by atoms with E-state index in [1.165, 1.54) is 0 Å². The number of nitrogens with one attached hydrogen (secondary N) is 1. The fourth-order valence-corrected chi connectivity index (χ4v) is 1.52. The summed E-state index contributed by atoms with van der Waals surface area (Å²) in [5, 5.41) is 15.6. The first-order chi connectivity index (χ1) is 7.25. The topological polar surface area (TPSA) is 64.9 Å². The molecule has 84 valence electrons. The minimum absolute atomic E-state index is 0.0420. The van der Waals surface area contributed by atoms with Gasteiger partial charge in [-0.05, 0) is 11.1 Å². The maximum Gasteiger partial charge on any atom is 0.204 e. The standard InChI is InChI=1S/C9H17N5O/c1-7(2)6-14-12-9(11-13-14)8-5-10-3-4-15-8/h7-8,10H,3-6H2,1-2H3. The summed E-state index contributed by atoms with van der Waals surface area (Å²) in [6.45, 7) is 7.43. The van der Waals surface area contributed by atoms with Gasteiger partial charge in [-0.1, -0.05) is 13.8 Å². The number of hydrogen-bond acceptors (Lipinski definition) is 5. The SMILES string of the molecule is CC(C)Cn1nnc(C2CNCCO2)n1. The number of tetrazole rings is 1. The molecule has 6 heteroatoms. The molecule has 0 aliphatic carbocycles. The Balaban J connectivity index is 1.99. The molecule has 1 aromatic rings. The molecule has 1 aliphatic rings. The zero-order valence-corrected chi connectivity index (χ0v) is 9.18. The molecule has 0 saturated carbocycles. The summed E-state index contributed by atoms with van der Waals surface area (Å²) in [4.78, 5) is 1.64. The highest BCUT2D eigenvalue weighted by Crippen LogP contribution is 2.13. The molecule has 1 aromatic heterocycles.